The molecule has 0 bridgehead atoms. The van der Waals surface area contributed by atoms with E-state index in [9.17, 15) is 4.39 Å². The Morgan fingerprint density at radius 1 is 1.19 bits per heavy atom. The summed E-state index contributed by atoms with van der Waals surface area (Å²) in [5.41, 5.74) is 1.17. The number of hydrogen-bond acceptors (Lipinski definition) is 3. The van der Waals surface area contributed by atoms with Crippen molar-refractivity contribution in [1.29, 1.82) is 0 Å². The van der Waals surface area contributed by atoms with Gasteiger partial charge in [0.25, 0.3) is 0 Å². The predicted octanol–water partition coefficient (Wildman–Crippen LogP) is 2.82. The van der Waals surface area contributed by atoms with Gasteiger partial charge >= 0.3 is 0 Å². The Balaban J connectivity index is 1.49. The van der Waals surface area contributed by atoms with Gasteiger partial charge in [-0.1, -0.05) is 42.5 Å². The van der Waals surface area contributed by atoms with Gasteiger partial charge in [-0.2, -0.15) is 0 Å². The molecule has 1 aliphatic heterocycles. The normalized spacial score (nSPS) is 23.1. The lowest BCUT2D eigenvalue weighted by molar-refractivity contribution is 0.104. The van der Waals surface area contributed by atoms with Crippen molar-refractivity contribution in [3.63, 3.8) is 0 Å². The first kappa shape index (κ1) is 16.1. The van der Waals surface area contributed by atoms with Crippen molar-refractivity contribution in [3.05, 3.63) is 48.0 Å². The summed E-state index contributed by atoms with van der Waals surface area (Å²) in [7, 11) is 1.95. The maximum Gasteiger partial charge on any atom is 0.114 e. The Morgan fingerprint density at radius 2 is 1.90 bits per heavy atom. The minimum absolute atomic E-state index is 0.211. The lowest BCUT2D eigenvalue weighted by Gasteiger charge is -2.17. The van der Waals surface area contributed by atoms with E-state index in [1.165, 1.54) is 5.56 Å². The number of ether oxygens (including phenoxy) is 2. The van der Waals surface area contributed by atoms with E-state index in [4.69, 9.17) is 9.47 Å². The molecule has 0 spiro atoms. The van der Waals surface area contributed by atoms with E-state index in [1.54, 1.807) is 0 Å². The fourth-order valence-electron chi connectivity index (χ4n) is 2.43. The predicted molar refractivity (Wildman–Crippen MR) is 82.0 cm³/mol. The van der Waals surface area contributed by atoms with Crippen LogP contribution in [0.4, 0.5) is 4.39 Å². The molecule has 0 N–H and O–H groups in total. The summed E-state index contributed by atoms with van der Waals surface area (Å²) >= 11 is 0. The molecular formula is C17H24FNO2. The maximum atomic E-state index is 13.2. The highest BCUT2D eigenvalue weighted by molar-refractivity contribution is 5.13. The Morgan fingerprint density at radius 3 is 2.57 bits per heavy atom. The third-order valence-corrected chi connectivity index (χ3v) is 3.65. The first-order valence-electron chi connectivity index (χ1n) is 7.44. The minimum Gasteiger partial charge on any atom is -0.376 e. The summed E-state index contributed by atoms with van der Waals surface area (Å²) < 4.78 is 24.2. The van der Waals surface area contributed by atoms with Crippen LogP contribution in [0.3, 0.4) is 0 Å². The van der Waals surface area contributed by atoms with Gasteiger partial charge in [0.2, 0.25) is 0 Å². The molecule has 0 aromatic heterocycles. The molecule has 1 fully saturated rings. The van der Waals surface area contributed by atoms with Crippen LogP contribution in [0, 0.1) is 0 Å². The number of likely N-dealkylation sites (N-methyl/N-ethyl adjacent to an activating group) is 1. The number of rotatable bonds is 8. The van der Waals surface area contributed by atoms with Crippen LogP contribution in [0.2, 0.25) is 0 Å². The second-order valence-corrected chi connectivity index (χ2v) is 5.44. The fourth-order valence-corrected chi connectivity index (χ4v) is 2.43. The first-order valence-corrected chi connectivity index (χ1v) is 7.44. The molecule has 1 aliphatic rings. The number of benzene rings is 1. The van der Waals surface area contributed by atoms with Crippen molar-refractivity contribution >= 4 is 0 Å². The Bertz CT molecular complexity index is 424. The van der Waals surface area contributed by atoms with Crippen LogP contribution in [-0.2, 0) is 16.1 Å². The molecule has 0 saturated carbocycles. The van der Waals surface area contributed by atoms with E-state index in [-0.39, 0.29) is 6.04 Å². The van der Waals surface area contributed by atoms with Gasteiger partial charge in [-0.05, 0) is 19.0 Å². The van der Waals surface area contributed by atoms with Crippen LogP contribution < -0.4 is 0 Å². The number of nitrogens with zero attached hydrogens (tertiary/aromatic N) is 1. The molecule has 4 heteroatoms. The topological polar surface area (TPSA) is 21.7 Å². The van der Waals surface area contributed by atoms with Crippen LogP contribution in [0.25, 0.3) is 0 Å². The average molecular weight is 293 g/mol. The summed E-state index contributed by atoms with van der Waals surface area (Å²) in [6, 6.07) is 10.3. The molecule has 0 aliphatic carbocycles. The molecule has 3 nitrogen and oxygen atoms in total. The van der Waals surface area contributed by atoms with Crippen molar-refractivity contribution in [1.82, 2.24) is 4.90 Å². The Labute approximate surface area is 126 Å². The second kappa shape index (κ2) is 8.93. The van der Waals surface area contributed by atoms with Crippen LogP contribution in [0.1, 0.15) is 12.0 Å². The Kier molecular flexibility index (Phi) is 6.86. The van der Waals surface area contributed by atoms with Gasteiger partial charge in [-0.15, -0.1) is 0 Å². The lowest BCUT2D eigenvalue weighted by atomic mass is 10.2. The van der Waals surface area contributed by atoms with E-state index < -0.39 is 6.17 Å². The van der Waals surface area contributed by atoms with Gasteiger partial charge in [0.05, 0.1) is 26.4 Å². The number of likely N-dealkylation sites (tertiary alicyclic amines) is 1. The monoisotopic (exact) mass is 293 g/mol. The molecule has 116 valence electrons. The van der Waals surface area contributed by atoms with Crippen LogP contribution in [0.5, 0.6) is 0 Å². The van der Waals surface area contributed by atoms with Crippen LogP contribution >= 0.6 is 0 Å². The third-order valence-electron chi connectivity index (χ3n) is 3.65. The molecule has 0 amide bonds. The van der Waals surface area contributed by atoms with E-state index in [0.717, 1.165) is 0 Å². The standard InChI is InChI=1S/C17H24FNO2/c1-19-12-16(18)11-17(19)14-21-10-6-5-9-20-13-15-7-3-2-4-8-15/h2-8,16-17H,9-14H2,1H3/b6-5-/t16-,17-/m0/s1. The van der Waals surface area contributed by atoms with E-state index in [0.29, 0.717) is 39.4 Å². The quantitative estimate of drug-likeness (QED) is 0.543. The lowest BCUT2D eigenvalue weighted by Crippen LogP contribution is -2.29. The highest BCUT2D eigenvalue weighted by atomic mass is 19.1. The minimum atomic E-state index is -0.703. The number of halogens is 1. The molecule has 0 radical (unpaired) electrons. The molecule has 2 rings (SSSR count). The van der Waals surface area contributed by atoms with Gasteiger partial charge in [-0.25, -0.2) is 4.39 Å². The summed E-state index contributed by atoms with van der Waals surface area (Å²) in [5.74, 6) is 0. The summed E-state index contributed by atoms with van der Waals surface area (Å²) in [4.78, 5) is 2.03. The Hall–Kier alpha value is -1.23. The third kappa shape index (κ3) is 5.96. The van der Waals surface area contributed by atoms with Gasteiger partial charge in [-0.3, -0.25) is 4.90 Å². The van der Waals surface area contributed by atoms with Gasteiger partial charge in [0.1, 0.15) is 6.17 Å². The van der Waals surface area contributed by atoms with Gasteiger partial charge in [0.15, 0.2) is 0 Å². The maximum absolute atomic E-state index is 13.2. The zero-order valence-electron chi connectivity index (χ0n) is 12.6. The van der Waals surface area contributed by atoms with Crippen molar-refractivity contribution < 1.29 is 13.9 Å². The van der Waals surface area contributed by atoms with Crippen molar-refractivity contribution in [2.75, 3.05) is 33.4 Å². The van der Waals surface area contributed by atoms with Crippen LogP contribution in [0.15, 0.2) is 42.5 Å². The SMILES string of the molecule is CN1C[C@@H](F)C[C@H]1COC/C=C\COCc1ccccc1. The molecule has 1 aromatic rings. The van der Waals surface area contributed by atoms with E-state index in [2.05, 4.69) is 0 Å². The summed E-state index contributed by atoms with van der Waals surface area (Å²) in [5, 5.41) is 0. The molecule has 2 atom stereocenters. The van der Waals surface area contributed by atoms with E-state index in [1.807, 2.05) is 54.4 Å². The average Bonchev–Trinajstić information content (AvgIpc) is 2.81. The number of hydrogen-bond donors (Lipinski definition) is 0. The van der Waals surface area contributed by atoms with Crippen molar-refractivity contribution in [2.24, 2.45) is 0 Å². The summed E-state index contributed by atoms with van der Waals surface area (Å²) in [6.45, 7) is 2.87. The van der Waals surface area contributed by atoms with Crippen LogP contribution in [-0.4, -0.2) is 50.5 Å². The van der Waals surface area contributed by atoms with Gasteiger partial charge < -0.3 is 9.47 Å². The molecular weight excluding hydrogens is 269 g/mol. The largest absolute Gasteiger partial charge is 0.376 e. The van der Waals surface area contributed by atoms with E-state index >= 15 is 0 Å². The smallest absolute Gasteiger partial charge is 0.114 e. The van der Waals surface area contributed by atoms with Gasteiger partial charge in [0, 0.05) is 12.6 Å². The zero-order valence-corrected chi connectivity index (χ0v) is 12.6. The molecule has 1 heterocycles. The highest BCUT2D eigenvalue weighted by Gasteiger charge is 2.28. The summed E-state index contributed by atoms with van der Waals surface area (Å²) in [6.07, 6.45) is 3.79. The molecule has 21 heavy (non-hydrogen) atoms. The number of alkyl halides is 1. The van der Waals surface area contributed by atoms with Crippen molar-refractivity contribution in [3.8, 4) is 0 Å². The molecule has 1 aromatic carbocycles. The fraction of sp³-hybridized carbons (Fsp3) is 0.529. The highest BCUT2D eigenvalue weighted by Crippen LogP contribution is 2.18. The first-order chi connectivity index (χ1) is 10.3. The zero-order chi connectivity index (χ0) is 14.9. The van der Waals surface area contributed by atoms with Crippen molar-refractivity contribution in [2.45, 2.75) is 25.2 Å². The second-order valence-electron chi connectivity index (χ2n) is 5.44. The molecule has 0 unspecified atom stereocenters. The molecule has 1 saturated heterocycles.